The van der Waals surface area contributed by atoms with E-state index >= 15 is 0 Å². The molecule has 40 heavy (non-hydrogen) atoms. The van der Waals surface area contributed by atoms with Crippen molar-refractivity contribution in [1.82, 2.24) is 6.15 Å². The molecule has 2 aliphatic carbocycles. The van der Waals surface area contributed by atoms with Crippen LogP contribution in [-0.4, -0.2) is 0 Å². The average molecular weight is 526 g/mol. The third-order valence-electron chi connectivity index (χ3n) is 8.85. The van der Waals surface area contributed by atoms with Crippen LogP contribution in [0.3, 0.4) is 0 Å². The maximum absolute atomic E-state index is 2.47. The molecular weight excluding hydrogens is 482 g/mol. The van der Waals surface area contributed by atoms with Gasteiger partial charge >= 0.3 is 0 Å². The second kappa shape index (κ2) is 10.1. The van der Waals surface area contributed by atoms with Gasteiger partial charge in [0, 0.05) is 5.92 Å². The summed E-state index contributed by atoms with van der Waals surface area (Å²) >= 11 is 0. The Kier molecular flexibility index (Phi) is 7.01. The second-order valence-electron chi connectivity index (χ2n) is 13.4. The Morgan fingerprint density at radius 3 is 1.65 bits per heavy atom. The van der Waals surface area contributed by atoms with Crippen molar-refractivity contribution in [1.29, 1.82) is 0 Å². The Morgan fingerprint density at radius 1 is 0.575 bits per heavy atom. The Balaban J connectivity index is 0.00000323. The van der Waals surface area contributed by atoms with Crippen LogP contribution in [-0.2, 0) is 22.7 Å². The molecule has 0 radical (unpaired) electrons. The molecule has 0 fully saturated rings. The van der Waals surface area contributed by atoms with E-state index in [0.717, 1.165) is 6.42 Å². The van der Waals surface area contributed by atoms with E-state index in [9.17, 15) is 0 Å². The van der Waals surface area contributed by atoms with Crippen LogP contribution in [0.4, 0.5) is 0 Å². The van der Waals surface area contributed by atoms with Crippen LogP contribution in [0.15, 0.2) is 115 Å². The van der Waals surface area contributed by atoms with E-state index in [1.54, 1.807) is 0 Å². The van der Waals surface area contributed by atoms with Gasteiger partial charge in [0.25, 0.3) is 0 Å². The molecule has 0 saturated heterocycles. The van der Waals surface area contributed by atoms with Crippen molar-refractivity contribution in [2.24, 2.45) is 5.92 Å². The number of allylic oxidation sites excluding steroid dienone is 4. The summed E-state index contributed by atoms with van der Waals surface area (Å²) in [5, 5.41) is 0. The summed E-state index contributed by atoms with van der Waals surface area (Å²) < 4.78 is 0. The largest absolute Gasteiger partial charge is 0.344 e. The van der Waals surface area contributed by atoms with Gasteiger partial charge in [0.1, 0.15) is 0 Å². The van der Waals surface area contributed by atoms with Gasteiger partial charge in [0.2, 0.25) is 0 Å². The summed E-state index contributed by atoms with van der Waals surface area (Å²) in [6.45, 7) is 14.1. The standard InChI is InChI=1S/C39H40.H3N/c1-37(2,3)31-21-22-32-27(25-31)26-34-33(32)23-24-35(38(4,5)6)36(34)39(30-19-13-14-20-30,28-15-9-7-10-16-28)29-17-11-8-12-18-29;/h7-25,30H,26H2,1-6H3;1H3. The molecule has 0 aromatic heterocycles. The molecule has 0 spiro atoms. The van der Waals surface area contributed by atoms with Gasteiger partial charge in [-0.05, 0) is 67.3 Å². The lowest BCUT2D eigenvalue weighted by atomic mass is 9.58. The molecule has 0 heterocycles. The van der Waals surface area contributed by atoms with Crippen LogP contribution >= 0.6 is 0 Å². The van der Waals surface area contributed by atoms with Gasteiger partial charge in [-0.1, -0.05) is 157 Å². The zero-order chi connectivity index (χ0) is 27.4. The number of fused-ring (bicyclic) bond motifs is 3. The zero-order valence-corrected chi connectivity index (χ0v) is 25.0. The normalized spacial score (nSPS) is 14.7. The van der Waals surface area contributed by atoms with E-state index in [0.29, 0.717) is 0 Å². The lowest BCUT2D eigenvalue weighted by Gasteiger charge is -2.44. The first-order chi connectivity index (χ1) is 18.6. The number of rotatable bonds is 4. The molecule has 0 aliphatic heterocycles. The quantitative estimate of drug-likeness (QED) is 0.233. The fourth-order valence-corrected chi connectivity index (χ4v) is 6.95. The molecule has 0 amide bonds. The summed E-state index contributed by atoms with van der Waals surface area (Å²) in [5.41, 5.74) is 12.5. The Morgan fingerprint density at radius 2 is 1.12 bits per heavy atom. The summed E-state index contributed by atoms with van der Waals surface area (Å²) in [4.78, 5) is 0. The highest BCUT2D eigenvalue weighted by Crippen LogP contribution is 2.55. The molecule has 6 rings (SSSR count). The Hall–Kier alpha value is -3.68. The van der Waals surface area contributed by atoms with Crippen LogP contribution in [0.25, 0.3) is 11.1 Å². The molecule has 4 aromatic carbocycles. The molecule has 0 unspecified atom stereocenters. The highest BCUT2D eigenvalue weighted by Gasteiger charge is 2.47. The van der Waals surface area contributed by atoms with E-state index in [1.165, 1.54) is 50.1 Å². The minimum Gasteiger partial charge on any atom is -0.344 e. The molecule has 1 nitrogen and oxygen atoms in total. The molecule has 3 N–H and O–H groups in total. The van der Waals surface area contributed by atoms with Gasteiger partial charge in [-0.3, -0.25) is 0 Å². The molecular formula is C39H43N. The van der Waals surface area contributed by atoms with Crippen LogP contribution in [0.1, 0.15) is 80.5 Å². The SMILES string of the molecule is CC(C)(C)c1ccc2c(c1)Cc1c-2ccc(C(C)(C)C)c1C(c1ccccc1)(c1ccccc1)C1C=CC=C1.N. The first-order valence-corrected chi connectivity index (χ1v) is 14.4. The number of hydrogen-bond donors (Lipinski definition) is 1. The van der Waals surface area contributed by atoms with Crippen LogP contribution < -0.4 is 6.15 Å². The third kappa shape index (κ3) is 4.38. The van der Waals surface area contributed by atoms with Crippen molar-refractivity contribution in [3.63, 3.8) is 0 Å². The van der Waals surface area contributed by atoms with Crippen molar-refractivity contribution in [2.45, 2.75) is 64.2 Å². The van der Waals surface area contributed by atoms with Crippen molar-refractivity contribution in [3.8, 4) is 11.1 Å². The first kappa shape index (κ1) is 27.9. The maximum Gasteiger partial charge on any atom is 0.0554 e. The fourth-order valence-electron chi connectivity index (χ4n) is 6.95. The highest BCUT2D eigenvalue weighted by molar-refractivity contribution is 5.81. The summed E-state index contributed by atoms with van der Waals surface area (Å²) in [6.07, 6.45) is 10.2. The summed E-state index contributed by atoms with van der Waals surface area (Å²) in [5.74, 6) is 0.212. The van der Waals surface area contributed by atoms with Gasteiger partial charge in [-0.2, -0.15) is 0 Å². The predicted octanol–water partition coefficient (Wildman–Crippen LogP) is 10.1. The zero-order valence-electron chi connectivity index (χ0n) is 25.0. The maximum atomic E-state index is 2.47. The van der Waals surface area contributed by atoms with Gasteiger partial charge in [-0.15, -0.1) is 0 Å². The average Bonchev–Trinajstić information content (AvgIpc) is 3.58. The topological polar surface area (TPSA) is 35.0 Å². The summed E-state index contributed by atoms with van der Waals surface area (Å²) in [6, 6.07) is 34.5. The fraction of sp³-hybridized carbons (Fsp3) is 0.282. The minimum atomic E-state index is -0.352. The van der Waals surface area contributed by atoms with Gasteiger partial charge in [0.05, 0.1) is 5.41 Å². The lowest BCUT2D eigenvalue weighted by molar-refractivity contribution is 0.495. The molecule has 1 heteroatoms. The van der Waals surface area contributed by atoms with E-state index < -0.39 is 0 Å². The van der Waals surface area contributed by atoms with Gasteiger partial charge < -0.3 is 6.15 Å². The van der Waals surface area contributed by atoms with Crippen LogP contribution in [0.5, 0.6) is 0 Å². The monoisotopic (exact) mass is 525 g/mol. The van der Waals surface area contributed by atoms with Crippen molar-refractivity contribution >= 4 is 0 Å². The lowest BCUT2D eigenvalue weighted by Crippen LogP contribution is -2.39. The first-order valence-electron chi connectivity index (χ1n) is 14.4. The second-order valence-corrected chi connectivity index (χ2v) is 13.4. The van der Waals surface area contributed by atoms with Gasteiger partial charge in [0.15, 0.2) is 0 Å². The van der Waals surface area contributed by atoms with Crippen LogP contribution in [0.2, 0.25) is 0 Å². The number of hydrogen-bond acceptors (Lipinski definition) is 1. The van der Waals surface area contributed by atoms with Crippen molar-refractivity contribution < 1.29 is 0 Å². The van der Waals surface area contributed by atoms with Crippen molar-refractivity contribution in [3.05, 3.63) is 154 Å². The molecule has 4 aromatic rings. The minimum absolute atomic E-state index is 0. The van der Waals surface area contributed by atoms with E-state index in [1.807, 2.05) is 0 Å². The summed E-state index contributed by atoms with van der Waals surface area (Å²) in [7, 11) is 0. The molecule has 2 aliphatic rings. The van der Waals surface area contributed by atoms with E-state index in [2.05, 4.69) is 157 Å². The number of benzene rings is 4. The van der Waals surface area contributed by atoms with Crippen LogP contribution in [0, 0.1) is 5.92 Å². The Labute approximate surface area is 241 Å². The van der Waals surface area contributed by atoms with E-state index in [4.69, 9.17) is 0 Å². The third-order valence-corrected chi connectivity index (χ3v) is 8.85. The molecule has 204 valence electrons. The Bertz CT molecular complexity index is 1520. The molecule has 0 saturated carbocycles. The smallest absolute Gasteiger partial charge is 0.0554 e. The van der Waals surface area contributed by atoms with Crippen molar-refractivity contribution in [2.75, 3.05) is 0 Å². The highest BCUT2D eigenvalue weighted by atomic mass is 14.5. The van der Waals surface area contributed by atoms with Gasteiger partial charge in [-0.25, -0.2) is 0 Å². The predicted molar refractivity (Wildman–Crippen MR) is 172 cm³/mol. The van der Waals surface area contributed by atoms with E-state index in [-0.39, 0.29) is 28.3 Å². The molecule has 0 bridgehead atoms. The molecule has 0 atom stereocenters.